The monoisotopic (exact) mass is 201 g/mol. The van der Waals surface area contributed by atoms with Crippen molar-refractivity contribution in [2.45, 2.75) is 25.3 Å². The highest BCUT2D eigenvalue weighted by Gasteiger charge is 2.36. The zero-order valence-electron chi connectivity index (χ0n) is 5.51. The fourth-order valence-electron chi connectivity index (χ4n) is 1.44. The van der Waals surface area contributed by atoms with E-state index in [0.29, 0.717) is 6.04 Å². The Balaban J connectivity index is 2.18. The van der Waals surface area contributed by atoms with E-state index in [4.69, 9.17) is 0 Å². The van der Waals surface area contributed by atoms with Crippen LogP contribution in [-0.4, -0.2) is 16.8 Å². The van der Waals surface area contributed by atoms with Crippen LogP contribution in [0.1, 0.15) is 19.3 Å². The van der Waals surface area contributed by atoms with Gasteiger partial charge in [0, 0.05) is 23.1 Å². The molecule has 3 heteroatoms. The molecule has 2 aliphatic heterocycles. The van der Waals surface area contributed by atoms with E-state index in [1.807, 2.05) is 11.1 Å². The summed E-state index contributed by atoms with van der Waals surface area (Å²) in [5.41, 5.74) is 0. The number of allylic oxidation sites excluding steroid dienone is 1. The van der Waals surface area contributed by atoms with E-state index in [2.05, 4.69) is 15.9 Å². The summed E-state index contributed by atoms with van der Waals surface area (Å²) >= 11 is 3.38. The molecule has 2 rings (SSSR count). The first-order valence-corrected chi connectivity index (χ1v) is 4.24. The number of amides is 1. The van der Waals surface area contributed by atoms with E-state index < -0.39 is 0 Å². The molecular weight excluding hydrogens is 194 g/mol. The number of halogens is 1. The van der Waals surface area contributed by atoms with Crippen molar-refractivity contribution >= 4 is 21.8 Å². The number of fused-ring (bicyclic) bond motifs is 1. The Morgan fingerprint density at radius 2 is 2.50 bits per heavy atom. The second kappa shape index (κ2) is 2.09. The van der Waals surface area contributed by atoms with Gasteiger partial charge in [-0.3, -0.25) is 4.79 Å². The van der Waals surface area contributed by atoms with E-state index in [1.54, 1.807) is 0 Å². The molecule has 0 saturated carbocycles. The number of carbonyl (C=O) groups is 1. The molecule has 0 aromatic carbocycles. The molecule has 1 atom stereocenters. The molecule has 0 N–H and O–H groups in total. The van der Waals surface area contributed by atoms with Crippen molar-refractivity contribution in [3.05, 3.63) is 10.7 Å². The summed E-state index contributed by atoms with van der Waals surface area (Å²) in [6.07, 6.45) is 4.90. The maximum atomic E-state index is 10.9. The lowest BCUT2D eigenvalue weighted by Gasteiger charge is -2.40. The highest BCUT2D eigenvalue weighted by Crippen LogP contribution is 2.32. The van der Waals surface area contributed by atoms with Gasteiger partial charge in [0.1, 0.15) is 0 Å². The Labute approximate surface area is 68.0 Å². The van der Waals surface area contributed by atoms with Gasteiger partial charge in [-0.15, -0.1) is 0 Å². The predicted molar refractivity (Wildman–Crippen MR) is 41.5 cm³/mol. The smallest absolute Gasteiger partial charge is 0.228 e. The summed E-state index contributed by atoms with van der Waals surface area (Å²) in [4.78, 5) is 12.7. The zero-order chi connectivity index (χ0) is 7.14. The first-order chi connectivity index (χ1) is 4.77. The molecule has 0 spiro atoms. The van der Waals surface area contributed by atoms with Crippen LogP contribution in [-0.2, 0) is 4.79 Å². The molecule has 0 bridgehead atoms. The highest BCUT2D eigenvalue weighted by atomic mass is 79.9. The summed E-state index contributed by atoms with van der Waals surface area (Å²) in [5.74, 6) is 0.265. The minimum Gasteiger partial charge on any atom is -0.315 e. The van der Waals surface area contributed by atoms with Crippen LogP contribution in [0.2, 0.25) is 0 Å². The van der Waals surface area contributed by atoms with Crippen LogP contribution >= 0.6 is 15.9 Å². The molecular formula is C7H8BrNO. The van der Waals surface area contributed by atoms with Gasteiger partial charge in [-0.2, -0.15) is 0 Å². The number of β-lactam (4-membered cyclic amide) rings is 1. The largest absolute Gasteiger partial charge is 0.315 e. The summed E-state index contributed by atoms with van der Waals surface area (Å²) in [5, 5.41) is 0. The second-order valence-electron chi connectivity index (χ2n) is 2.77. The first kappa shape index (κ1) is 6.40. The Hall–Kier alpha value is -0.310. The average Bonchev–Trinajstić information content (AvgIpc) is 1.92. The van der Waals surface area contributed by atoms with Crippen LogP contribution in [0.3, 0.4) is 0 Å². The lowest BCUT2D eigenvalue weighted by Crippen LogP contribution is -2.50. The van der Waals surface area contributed by atoms with Gasteiger partial charge in [0.2, 0.25) is 5.91 Å². The molecule has 2 nitrogen and oxygen atoms in total. The topological polar surface area (TPSA) is 20.3 Å². The molecule has 1 amide bonds. The van der Waals surface area contributed by atoms with E-state index in [9.17, 15) is 4.79 Å². The predicted octanol–water partition coefficient (Wildman–Crippen LogP) is 1.62. The average molecular weight is 202 g/mol. The Bertz CT molecular complexity index is 212. The van der Waals surface area contributed by atoms with Crippen molar-refractivity contribution < 1.29 is 4.79 Å². The third-order valence-corrected chi connectivity index (χ3v) is 2.69. The standard InChI is InChI=1S/C7H8BrNO/c8-5-1-2-6-3-7(10)9(6)4-5/h4,6H,1-3H2/t6-/m0/s1. The Morgan fingerprint density at radius 1 is 1.70 bits per heavy atom. The zero-order valence-corrected chi connectivity index (χ0v) is 7.10. The maximum Gasteiger partial charge on any atom is 0.228 e. The second-order valence-corrected chi connectivity index (χ2v) is 3.79. The third kappa shape index (κ3) is 0.804. The molecule has 2 aliphatic rings. The number of hydrogen-bond acceptors (Lipinski definition) is 1. The molecule has 0 radical (unpaired) electrons. The van der Waals surface area contributed by atoms with Crippen molar-refractivity contribution in [1.29, 1.82) is 0 Å². The van der Waals surface area contributed by atoms with Crippen molar-refractivity contribution in [3.63, 3.8) is 0 Å². The van der Waals surface area contributed by atoms with Crippen LogP contribution < -0.4 is 0 Å². The first-order valence-electron chi connectivity index (χ1n) is 3.45. The molecule has 0 aromatic rings. The van der Waals surface area contributed by atoms with Crippen LogP contribution in [0.5, 0.6) is 0 Å². The van der Waals surface area contributed by atoms with Gasteiger partial charge in [0.05, 0.1) is 0 Å². The van der Waals surface area contributed by atoms with Crippen LogP contribution in [0.4, 0.5) is 0 Å². The number of carbonyl (C=O) groups excluding carboxylic acids is 1. The van der Waals surface area contributed by atoms with Crippen LogP contribution in [0, 0.1) is 0 Å². The summed E-state index contributed by atoms with van der Waals surface area (Å²) in [7, 11) is 0. The molecule has 10 heavy (non-hydrogen) atoms. The minimum absolute atomic E-state index is 0.265. The van der Waals surface area contributed by atoms with Crippen molar-refractivity contribution in [1.82, 2.24) is 4.90 Å². The van der Waals surface area contributed by atoms with Gasteiger partial charge in [0.15, 0.2) is 0 Å². The van der Waals surface area contributed by atoms with Gasteiger partial charge in [-0.05, 0) is 12.8 Å². The van der Waals surface area contributed by atoms with E-state index in [0.717, 1.165) is 23.7 Å². The third-order valence-electron chi connectivity index (χ3n) is 2.09. The molecule has 1 saturated heterocycles. The van der Waals surface area contributed by atoms with Gasteiger partial charge in [-0.1, -0.05) is 15.9 Å². The normalized spacial score (nSPS) is 30.9. The van der Waals surface area contributed by atoms with Gasteiger partial charge in [-0.25, -0.2) is 0 Å². The maximum absolute atomic E-state index is 10.9. The van der Waals surface area contributed by atoms with Gasteiger partial charge in [0.25, 0.3) is 0 Å². The molecule has 0 unspecified atom stereocenters. The van der Waals surface area contributed by atoms with Crippen molar-refractivity contribution in [2.24, 2.45) is 0 Å². The van der Waals surface area contributed by atoms with E-state index in [1.165, 1.54) is 0 Å². The van der Waals surface area contributed by atoms with Gasteiger partial charge >= 0.3 is 0 Å². The Morgan fingerprint density at radius 3 is 3.10 bits per heavy atom. The van der Waals surface area contributed by atoms with Crippen molar-refractivity contribution in [3.8, 4) is 0 Å². The van der Waals surface area contributed by atoms with Crippen LogP contribution in [0.15, 0.2) is 10.7 Å². The lowest BCUT2D eigenvalue weighted by molar-refractivity contribution is -0.142. The SMILES string of the molecule is O=C1C[C@@H]2CCC(Br)=CN12. The fourth-order valence-corrected chi connectivity index (χ4v) is 1.88. The number of hydrogen-bond donors (Lipinski definition) is 0. The molecule has 1 fully saturated rings. The summed E-state index contributed by atoms with van der Waals surface area (Å²) in [6.45, 7) is 0. The summed E-state index contributed by atoms with van der Waals surface area (Å²) < 4.78 is 1.15. The number of rotatable bonds is 0. The molecule has 0 aliphatic carbocycles. The fraction of sp³-hybridized carbons (Fsp3) is 0.571. The minimum atomic E-state index is 0.265. The van der Waals surface area contributed by atoms with E-state index in [-0.39, 0.29) is 5.91 Å². The molecule has 0 aromatic heterocycles. The van der Waals surface area contributed by atoms with Gasteiger partial charge < -0.3 is 4.90 Å². The highest BCUT2D eigenvalue weighted by molar-refractivity contribution is 9.11. The molecule has 2 heterocycles. The molecule has 54 valence electrons. The summed E-state index contributed by atoms with van der Waals surface area (Å²) in [6, 6.07) is 0.522. The van der Waals surface area contributed by atoms with Crippen molar-refractivity contribution in [2.75, 3.05) is 0 Å². The lowest BCUT2D eigenvalue weighted by atomic mass is 9.95. The quantitative estimate of drug-likeness (QED) is 0.546. The Kier molecular flexibility index (Phi) is 1.34. The number of nitrogens with zero attached hydrogens (tertiary/aromatic N) is 1. The van der Waals surface area contributed by atoms with Crippen LogP contribution in [0.25, 0.3) is 0 Å². The van der Waals surface area contributed by atoms with E-state index >= 15 is 0 Å².